The Morgan fingerprint density at radius 1 is 1.50 bits per heavy atom. The summed E-state index contributed by atoms with van der Waals surface area (Å²) in [5, 5.41) is 0. The minimum absolute atomic E-state index is 0.00125. The van der Waals surface area contributed by atoms with Gasteiger partial charge in [-0.1, -0.05) is 6.92 Å². The zero-order valence-corrected chi connectivity index (χ0v) is 12.4. The Morgan fingerprint density at radius 2 is 2.25 bits per heavy atom. The van der Waals surface area contributed by atoms with Crippen LogP contribution in [0.2, 0.25) is 0 Å². The van der Waals surface area contributed by atoms with Crippen LogP contribution >= 0.6 is 0 Å². The molecule has 1 atom stereocenters. The van der Waals surface area contributed by atoms with Gasteiger partial charge in [-0.15, -0.1) is 0 Å². The molecule has 1 fully saturated rings. The summed E-state index contributed by atoms with van der Waals surface area (Å²) in [6, 6.07) is 5.78. The van der Waals surface area contributed by atoms with Crippen LogP contribution in [0.5, 0.6) is 0 Å². The lowest BCUT2D eigenvalue weighted by Gasteiger charge is -2.38. The SMILES string of the molecule is CCC1COCCN1c1cc(N)ccc1C(=O)N(C)C. The summed E-state index contributed by atoms with van der Waals surface area (Å²) in [6.07, 6.45) is 0.977. The number of amides is 1. The quantitative estimate of drug-likeness (QED) is 0.852. The van der Waals surface area contributed by atoms with Crippen molar-refractivity contribution in [2.75, 3.05) is 44.5 Å². The topological polar surface area (TPSA) is 58.8 Å². The summed E-state index contributed by atoms with van der Waals surface area (Å²) in [4.78, 5) is 16.2. The first kappa shape index (κ1) is 14.7. The van der Waals surface area contributed by atoms with Gasteiger partial charge in [0.05, 0.1) is 30.5 Å². The Morgan fingerprint density at radius 3 is 2.90 bits per heavy atom. The third-order valence-corrected chi connectivity index (χ3v) is 3.67. The Bertz CT molecular complexity index is 488. The molecular formula is C15H23N3O2. The predicted octanol–water partition coefficient (Wildman–Crippen LogP) is 1.59. The van der Waals surface area contributed by atoms with Crippen LogP contribution in [-0.2, 0) is 4.74 Å². The first-order valence-corrected chi connectivity index (χ1v) is 7.00. The van der Waals surface area contributed by atoms with Crippen molar-refractivity contribution < 1.29 is 9.53 Å². The van der Waals surface area contributed by atoms with E-state index in [2.05, 4.69) is 11.8 Å². The number of nitrogens with zero attached hydrogens (tertiary/aromatic N) is 2. The molecule has 20 heavy (non-hydrogen) atoms. The van der Waals surface area contributed by atoms with Gasteiger partial charge in [-0.05, 0) is 24.6 Å². The fourth-order valence-electron chi connectivity index (χ4n) is 2.52. The largest absolute Gasteiger partial charge is 0.399 e. The number of ether oxygens (including phenoxy) is 1. The van der Waals surface area contributed by atoms with Crippen molar-refractivity contribution in [2.24, 2.45) is 0 Å². The lowest BCUT2D eigenvalue weighted by Crippen LogP contribution is -2.46. The highest BCUT2D eigenvalue weighted by molar-refractivity contribution is 6.00. The van der Waals surface area contributed by atoms with Crippen molar-refractivity contribution in [1.29, 1.82) is 0 Å². The van der Waals surface area contributed by atoms with Gasteiger partial charge in [-0.3, -0.25) is 4.79 Å². The first-order valence-electron chi connectivity index (χ1n) is 7.00. The van der Waals surface area contributed by atoms with Crippen LogP contribution < -0.4 is 10.6 Å². The van der Waals surface area contributed by atoms with Gasteiger partial charge in [0, 0.05) is 26.3 Å². The molecule has 0 aliphatic carbocycles. The minimum Gasteiger partial charge on any atom is -0.399 e. The molecule has 2 N–H and O–H groups in total. The molecule has 1 amide bonds. The number of carbonyl (C=O) groups is 1. The first-order chi connectivity index (χ1) is 9.54. The van der Waals surface area contributed by atoms with Gasteiger partial charge in [0.15, 0.2) is 0 Å². The van der Waals surface area contributed by atoms with Gasteiger partial charge in [0.2, 0.25) is 0 Å². The van der Waals surface area contributed by atoms with Crippen molar-refractivity contribution in [2.45, 2.75) is 19.4 Å². The molecule has 5 heteroatoms. The van der Waals surface area contributed by atoms with Crippen molar-refractivity contribution >= 4 is 17.3 Å². The molecule has 2 rings (SSSR count). The molecule has 0 aromatic heterocycles. The van der Waals surface area contributed by atoms with E-state index < -0.39 is 0 Å². The Labute approximate surface area is 120 Å². The van der Waals surface area contributed by atoms with Gasteiger partial charge in [0.1, 0.15) is 0 Å². The number of hydrogen-bond acceptors (Lipinski definition) is 4. The summed E-state index contributed by atoms with van der Waals surface area (Å²) < 4.78 is 5.53. The van der Waals surface area contributed by atoms with E-state index in [4.69, 9.17) is 10.5 Å². The normalized spacial score (nSPS) is 18.9. The van der Waals surface area contributed by atoms with Crippen molar-refractivity contribution in [3.8, 4) is 0 Å². The maximum Gasteiger partial charge on any atom is 0.255 e. The summed E-state index contributed by atoms with van der Waals surface area (Å²) in [5.41, 5.74) is 8.21. The van der Waals surface area contributed by atoms with Crippen LogP contribution in [0.25, 0.3) is 0 Å². The van der Waals surface area contributed by atoms with E-state index in [1.54, 1.807) is 25.1 Å². The zero-order chi connectivity index (χ0) is 14.7. The standard InChI is InChI=1S/C15H23N3O2/c1-4-12-10-20-8-7-18(12)14-9-11(16)5-6-13(14)15(19)17(2)3/h5-6,9,12H,4,7-8,10,16H2,1-3H3. The highest BCUT2D eigenvalue weighted by Crippen LogP contribution is 2.28. The molecule has 0 spiro atoms. The second-order valence-corrected chi connectivity index (χ2v) is 5.31. The molecule has 110 valence electrons. The van der Waals surface area contributed by atoms with Gasteiger partial charge in [-0.2, -0.15) is 0 Å². The number of benzene rings is 1. The summed E-state index contributed by atoms with van der Waals surface area (Å²) in [5.74, 6) is 0.00125. The Hall–Kier alpha value is -1.75. The number of nitrogen functional groups attached to an aromatic ring is 1. The summed E-state index contributed by atoms with van der Waals surface area (Å²) in [7, 11) is 3.53. The van der Waals surface area contributed by atoms with Crippen molar-refractivity contribution in [3.63, 3.8) is 0 Å². The summed E-state index contributed by atoms with van der Waals surface area (Å²) in [6.45, 7) is 4.30. The average Bonchev–Trinajstić information content (AvgIpc) is 2.46. The van der Waals surface area contributed by atoms with Crippen LogP contribution in [0.4, 0.5) is 11.4 Å². The van der Waals surface area contributed by atoms with E-state index in [0.717, 1.165) is 18.7 Å². The third kappa shape index (κ3) is 2.88. The highest BCUT2D eigenvalue weighted by Gasteiger charge is 2.26. The van der Waals surface area contributed by atoms with Crippen molar-refractivity contribution in [3.05, 3.63) is 23.8 Å². The van der Waals surface area contributed by atoms with Gasteiger partial charge in [-0.25, -0.2) is 0 Å². The van der Waals surface area contributed by atoms with Crippen LogP contribution in [-0.4, -0.2) is 50.7 Å². The molecule has 0 radical (unpaired) electrons. The molecule has 1 aliphatic heterocycles. The zero-order valence-electron chi connectivity index (χ0n) is 12.4. The number of carbonyl (C=O) groups excluding carboxylic acids is 1. The van der Waals surface area contributed by atoms with Gasteiger partial charge >= 0.3 is 0 Å². The van der Waals surface area contributed by atoms with Crippen LogP contribution in [0, 0.1) is 0 Å². The van der Waals surface area contributed by atoms with E-state index >= 15 is 0 Å². The Balaban J connectivity index is 2.42. The maximum absolute atomic E-state index is 12.3. The van der Waals surface area contributed by atoms with Crippen LogP contribution in [0.1, 0.15) is 23.7 Å². The fraction of sp³-hybridized carbons (Fsp3) is 0.533. The van der Waals surface area contributed by atoms with Gasteiger partial charge in [0.25, 0.3) is 5.91 Å². The minimum atomic E-state index is 0.00125. The average molecular weight is 277 g/mol. The monoisotopic (exact) mass is 277 g/mol. The number of morpholine rings is 1. The number of hydrogen-bond donors (Lipinski definition) is 1. The predicted molar refractivity (Wildman–Crippen MR) is 81.1 cm³/mol. The second-order valence-electron chi connectivity index (χ2n) is 5.31. The molecule has 1 heterocycles. The molecule has 1 aromatic rings. The fourth-order valence-corrected chi connectivity index (χ4v) is 2.52. The van der Waals surface area contributed by atoms with E-state index in [0.29, 0.717) is 30.5 Å². The highest BCUT2D eigenvalue weighted by atomic mass is 16.5. The lowest BCUT2D eigenvalue weighted by atomic mass is 10.1. The Kier molecular flexibility index (Phi) is 4.49. The summed E-state index contributed by atoms with van der Waals surface area (Å²) >= 11 is 0. The molecule has 1 unspecified atom stereocenters. The number of anilines is 2. The molecular weight excluding hydrogens is 254 g/mol. The molecule has 5 nitrogen and oxygen atoms in total. The molecule has 1 aliphatic rings. The third-order valence-electron chi connectivity index (χ3n) is 3.67. The van der Waals surface area contributed by atoms with E-state index in [-0.39, 0.29) is 5.91 Å². The van der Waals surface area contributed by atoms with Crippen LogP contribution in [0.15, 0.2) is 18.2 Å². The van der Waals surface area contributed by atoms with E-state index in [1.165, 1.54) is 0 Å². The van der Waals surface area contributed by atoms with Gasteiger partial charge < -0.3 is 20.3 Å². The molecule has 1 saturated heterocycles. The lowest BCUT2D eigenvalue weighted by molar-refractivity contribution is 0.0821. The van der Waals surface area contributed by atoms with Crippen molar-refractivity contribution in [1.82, 2.24) is 4.90 Å². The molecule has 0 saturated carbocycles. The van der Waals surface area contributed by atoms with E-state index in [9.17, 15) is 4.79 Å². The van der Waals surface area contributed by atoms with Crippen LogP contribution in [0.3, 0.4) is 0 Å². The number of nitrogens with two attached hydrogens (primary N) is 1. The molecule has 1 aromatic carbocycles. The number of rotatable bonds is 3. The smallest absolute Gasteiger partial charge is 0.255 e. The van der Waals surface area contributed by atoms with E-state index in [1.807, 2.05) is 12.1 Å². The second kappa shape index (κ2) is 6.13. The molecule has 0 bridgehead atoms. The maximum atomic E-state index is 12.3.